The van der Waals surface area contributed by atoms with E-state index in [-0.39, 0.29) is 10.8 Å². The number of halogens is 1. The topological polar surface area (TPSA) is 50.4 Å². The van der Waals surface area contributed by atoms with Crippen LogP contribution in [0.2, 0.25) is 0 Å². The van der Waals surface area contributed by atoms with Gasteiger partial charge in [-0.05, 0) is 36.5 Å². The van der Waals surface area contributed by atoms with Gasteiger partial charge in [0.2, 0.25) is 0 Å². The Balaban J connectivity index is 2.06. The minimum absolute atomic E-state index is 0.0102. The maximum absolute atomic E-state index is 13.5. The van der Waals surface area contributed by atoms with E-state index in [0.29, 0.717) is 11.3 Å². The van der Waals surface area contributed by atoms with Gasteiger partial charge in [0, 0.05) is 0 Å². The summed E-state index contributed by atoms with van der Waals surface area (Å²) in [6, 6.07) is 12.8. The predicted octanol–water partition coefficient (Wildman–Crippen LogP) is 2.96. The molecule has 1 amide bonds. The number of ether oxygens (including phenoxy) is 1. The molecule has 0 unspecified atom stereocenters. The third kappa shape index (κ3) is 3.76. The zero-order valence-corrected chi connectivity index (χ0v) is 12.0. The van der Waals surface area contributed by atoms with E-state index < -0.39 is 11.7 Å². The van der Waals surface area contributed by atoms with E-state index in [1.807, 2.05) is 0 Å². The SMILES string of the molecule is COc1ccccc1C(=O)NC(=S)Nc1ccccc1F. The average Bonchev–Trinajstić information content (AvgIpc) is 2.49. The predicted molar refractivity (Wildman–Crippen MR) is 83.1 cm³/mol. The van der Waals surface area contributed by atoms with Gasteiger partial charge in [-0.3, -0.25) is 10.1 Å². The molecule has 0 saturated heterocycles. The molecule has 0 heterocycles. The Bertz CT molecular complexity index is 676. The molecule has 0 bridgehead atoms. The number of benzene rings is 2. The number of carbonyl (C=O) groups is 1. The van der Waals surface area contributed by atoms with E-state index in [1.54, 1.807) is 36.4 Å². The van der Waals surface area contributed by atoms with E-state index in [2.05, 4.69) is 10.6 Å². The standard InChI is InChI=1S/C15H13FN2O2S/c1-20-13-9-5-2-6-10(13)14(19)18-15(21)17-12-8-4-3-7-11(12)16/h2-9H,1H3,(H2,17,18,19,21). The molecule has 0 aliphatic carbocycles. The number of hydrogen-bond acceptors (Lipinski definition) is 3. The molecule has 0 aromatic heterocycles. The maximum atomic E-state index is 13.5. The minimum atomic E-state index is -0.452. The molecule has 2 rings (SSSR count). The number of para-hydroxylation sites is 2. The summed E-state index contributed by atoms with van der Waals surface area (Å²) in [6.07, 6.45) is 0. The van der Waals surface area contributed by atoms with E-state index in [1.165, 1.54) is 19.2 Å². The monoisotopic (exact) mass is 304 g/mol. The van der Waals surface area contributed by atoms with Crippen LogP contribution in [0.4, 0.5) is 10.1 Å². The molecule has 2 aromatic carbocycles. The maximum Gasteiger partial charge on any atom is 0.261 e. The van der Waals surface area contributed by atoms with E-state index in [9.17, 15) is 9.18 Å². The van der Waals surface area contributed by atoms with Crippen molar-refractivity contribution in [1.82, 2.24) is 5.32 Å². The number of thiocarbonyl (C=S) groups is 1. The Kier molecular flexibility index (Phi) is 4.84. The molecule has 21 heavy (non-hydrogen) atoms. The van der Waals surface area contributed by atoms with Crippen LogP contribution in [0, 0.1) is 5.82 Å². The first kappa shape index (κ1) is 14.9. The van der Waals surface area contributed by atoms with E-state index >= 15 is 0 Å². The molecule has 0 aliphatic heterocycles. The number of carbonyl (C=O) groups excluding carboxylic acids is 1. The Morgan fingerprint density at radius 2 is 1.81 bits per heavy atom. The summed E-state index contributed by atoms with van der Waals surface area (Å²) < 4.78 is 18.6. The fraction of sp³-hybridized carbons (Fsp3) is 0.0667. The van der Waals surface area contributed by atoms with Crippen molar-refractivity contribution in [2.45, 2.75) is 0 Å². The highest BCUT2D eigenvalue weighted by atomic mass is 32.1. The number of methoxy groups -OCH3 is 1. The number of hydrogen-bond donors (Lipinski definition) is 2. The lowest BCUT2D eigenvalue weighted by Gasteiger charge is -2.11. The van der Waals surface area contributed by atoms with Crippen LogP contribution in [-0.2, 0) is 0 Å². The van der Waals surface area contributed by atoms with Crippen molar-refractivity contribution in [3.05, 3.63) is 59.9 Å². The first-order valence-corrected chi connectivity index (χ1v) is 6.52. The Morgan fingerprint density at radius 3 is 2.52 bits per heavy atom. The molecule has 6 heteroatoms. The first-order valence-electron chi connectivity index (χ1n) is 6.11. The molecule has 0 aliphatic rings. The van der Waals surface area contributed by atoms with Gasteiger partial charge in [0.1, 0.15) is 11.6 Å². The molecule has 0 fully saturated rings. The van der Waals surface area contributed by atoms with Crippen LogP contribution < -0.4 is 15.4 Å². The van der Waals surface area contributed by atoms with Crippen LogP contribution >= 0.6 is 12.2 Å². The summed E-state index contributed by atoms with van der Waals surface area (Å²) in [5.41, 5.74) is 0.542. The summed E-state index contributed by atoms with van der Waals surface area (Å²) >= 11 is 5.00. The second kappa shape index (κ2) is 6.81. The van der Waals surface area contributed by atoms with Gasteiger partial charge in [0.25, 0.3) is 5.91 Å². The Morgan fingerprint density at radius 1 is 1.14 bits per heavy atom. The van der Waals surface area contributed by atoms with Crippen LogP contribution in [-0.4, -0.2) is 18.1 Å². The molecule has 0 radical (unpaired) electrons. The second-order valence-electron chi connectivity index (χ2n) is 4.09. The van der Waals surface area contributed by atoms with Gasteiger partial charge in [-0.15, -0.1) is 0 Å². The van der Waals surface area contributed by atoms with Crippen molar-refractivity contribution in [3.8, 4) is 5.75 Å². The fourth-order valence-corrected chi connectivity index (χ4v) is 1.92. The Labute approximate surface area is 126 Å². The van der Waals surface area contributed by atoms with Crippen molar-refractivity contribution < 1.29 is 13.9 Å². The molecule has 0 atom stereocenters. The second-order valence-corrected chi connectivity index (χ2v) is 4.50. The van der Waals surface area contributed by atoms with Gasteiger partial charge < -0.3 is 10.1 Å². The quantitative estimate of drug-likeness (QED) is 0.856. The third-order valence-electron chi connectivity index (χ3n) is 2.70. The molecule has 2 N–H and O–H groups in total. The highest BCUT2D eigenvalue weighted by molar-refractivity contribution is 7.80. The zero-order chi connectivity index (χ0) is 15.2. The summed E-state index contributed by atoms with van der Waals surface area (Å²) in [7, 11) is 1.47. The van der Waals surface area contributed by atoms with Gasteiger partial charge in [0.15, 0.2) is 5.11 Å². The van der Waals surface area contributed by atoms with Crippen LogP contribution in [0.25, 0.3) is 0 Å². The molecule has 0 spiro atoms. The molecule has 0 saturated carbocycles. The molecule has 108 valence electrons. The van der Waals surface area contributed by atoms with Gasteiger partial charge >= 0.3 is 0 Å². The minimum Gasteiger partial charge on any atom is -0.496 e. The number of amides is 1. The largest absolute Gasteiger partial charge is 0.496 e. The fourth-order valence-electron chi connectivity index (χ4n) is 1.72. The van der Waals surface area contributed by atoms with Crippen LogP contribution in [0.3, 0.4) is 0 Å². The smallest absolute Gasteiger partial charge is 0.261 e. The molecule has 4 nitrogen and oxygen atoms in total. The lowest BCUT2D eigenvalue weighted by molar-refractivity contribution is 0.0975. The summed E-state index contributed by atoms with van der Waals surface area (Å²) in [4.78, 5) is 12.1. The number of anilines is 1. The summed E-state index contributed by atoms with van der Waals surface area (Å²) in [6.45, 7) is 0. The molecular weight excluding hydrogens is 291 g/mol. The molecular formula is C15H13FN2O2S. The van der Waals surface area contributed by atoms with Crippen LogP contribution in [0.5, 0.6) is 5.75 Å². The van der Waals surface area contributed by atoms with Crippen molar-refractivity contribution >= 4 is 28.9 Å². The summed E-state index contributed by atoms with van der Waals surface area (Å²) in [5, 5.41) is 5.12. The summed E-state index contributed by atoms with van der Waals surface area (Å²) in [5.74, 6) is -0.448. The highest BCUT2D eigenvalue weighted by Crippen LogP contribution is 2.17. The van der Waals surface area contributed by atoms with Crippen LogP contribution in [0.1, 0.15) is 10.4 Å². The van der Waals surface area contributed by atoms with E-state index in [4.69, 9.17) is 17.0 Å². The van der Waals surface area contributed by atoms with Crippen molar-refractivity contribution in [2.24, 2.45) is 0 Å². The van der Waals surface area contributed by atoms with Crippen molar-refractivity contribution in [3.63, 3.8) is 0 Å². The van der Waals surface area contributed by atoms with Crippen molar-refractivity contribution in [1.29, 1.82) is 0 Å². The van der Waals surface area contributed by atoms with Gasteiger partial charge in [0.05, 0.1) is 18.4 Å². The zero-order valence-electron chi connectivity index (χ0n) is 11.2. The van der Waals surface area contributed by atoms with E-state index in [0.717, 1.165) is 0 Å². The van der Waals surface area contributed by atoms with Gasteiger partial charge in [-0.2, -0.15) is 0 Å². The molecule has 2 aromatic rings. The first-order chi connectivity index (χ1) is 10.1. The highest BCUT2D eigenvalue weighted by Gasteiger charge is 2.13. The number of rotatable bonds is 3. The Hall–Kier alpha value is -2.47. The third-order valence-corrected chi connectivity index (χ3v) is 2.90. The average molecular weight is 304 g/mol. The van der Waals surface area contributed by atoms with Crippen LogP contribution in [0.15, 0.2) is 48.5 Å². The van der Waals surface area contributed by atoms with Crippen molar-refractivity contribution in [2.75, 3.05) is 12.4 Å². The van der Waals surface area contributed by atoms with Gasteiger partial charge in [-0.1, -0.05) is 24.3 Å². The lowest BCUT2D eigenvalue weighted by Crippen LogP contribution is -2.34. The van der Waals surface area contributed by atoms with Gasteiger partial charge in [-0.25, -0.2) is 4.39 Å². The lowest BCUT2D eigenvalue weighted by atomic mass is 10.2. The normalized spacial score (nSPS) is 9.81. The number of nitrogens with one attached hydrogen (secondary N) is 2.